The molecule has 1 aromatic heterocycles. The van der Waals surface area contributed by atoms with Gasteiger partial charge in [0.1, 0.15) is 5.75 Å². The molecule has 136 valence electrons. The number of hydrogen-bond donors (Lipinski definition) is 2. The minimum atomic E-state index is 0.246. The van der Waals surface area contributed by atoms with Gasteiger partial charge in [0.05, 0.1) is 19.7 Å². The zero-order valence-electron chi connectivity index (χ0n) is 15.5. The first kappa shape index (κ1) is 19.3. The van der Waals surface area contributed by atoms with Crippen molar-refractivity contribution in [1.82, 2.24) is 15.5 Å². The molecule has 0 amide bonds. The maximum Gasteiger partial charge on any atom is 0.191 e. The van der Waals surface area contributed by atoms with Gasteiger partial charge >= 0.3 is 0 Å². The van der Waals surface area contributed by atoms with E-state index in [0.717, 1.165) is 24.8 Å². The van der Waals surface area contributed by atoms with Crippen LogP contribution in [0.3, 0.4) is 0 Å². The molecule has 0 aliphatic carbocycles. The molecule has 1 heterocycles. The van der Waals surface area contributed by atoms with E-state index in [9.17, 15) is 0 Å². The first-order valence-electron chi connectivity index (χ1n) is 8.47. The van der Waals surface area contributed by atoms with E-state index in [-0.39, 0.29) is 6.04 Å². The third-order valence-electron chi connectivity index (χ3n) is 3.93. The predicted octanol–water partition coefficient (Wildman–Crippen LogP) is 3.11. The van der Waals surface area contributed by atoms with Crippen LogP contribution in [0.25, 0.3) is 0 Å². The summed E-state index contributed by atoms with van der Waals surface area (Å²) in [6.07, 6.45) is 0. The topological polar surface area (TPSA) is 48.9 Å². The summed E-state index contributed by atoms with van der Waals surface area (Å²) in [5.41, 5.74) is 2.48. The van der Waals surface area contributed by atoms with Gasteiger partial charge in [0.15, 0.2) is 5.96 Å². The zero-order chi connectivity index (χ0) is 18.1. The van der Waals surface area contributed by atoms with E-state index in [1.54, 1.807) is 18.4 Å². The van der Waals surface area contributed by atoms with Crippen LogP contribution in [-0.4, -0.2) is 45.2 Å². The molecule has 0 bridgehead atoms. The largest absolute Gasteiger partial charge is 0.497 e. The Hall–Kier alpha value is -2.05. The maximum absolute atomic E-state index is 5.25. The van der Waals surface area contributed by atoms with Crippen molar-refractivity contribution < 1.29 is 4.74 Å². The van der Waals surface area contributed by atoms with Crippen LogP contribution in [0.1, 0.15) is 24.1 Å². The van der Waals surface area contributed by atoms with Crippen LogP contribution in [0, 0.1) is 0 Å². The Bertz CT molecular complexity index is 638. The van der Waals surface area contributed by atoms with Crippen molar-refractivity contribution in [1.29, 1.82) is 0 Å². The number of aliphatic imine (C=N–C) groups is 1. The van der Waals surface area contributed by atoms with Crippen molar-refractivity contribution in [2.45, 2.75) is 19.5 Å². The fourth-order valence-corrected chi connectivity index (χ4v) is 3.17. The van der Waals surface area contributed by atoms with E-state index < -0.39 is 0 Å². The van der Waals surface area contributed by atoms with Gasteiger partial charge in [0.2, 0.25) is 0 Å². The van der Waals surface area contributed by atoms with E-state index >= 15 is 0 Å². The van der Waals surface area contributed by atoms with Crippen LogP contribution in [0.4, 0.5) is 0 Å². The molecule has 1 atom stereocenters. The summed E-state index contributed by atoms with van der Waals surface area (Å²) >= 11 is 1.70. The van der Waals surface area contributed by atoms with Gasteiger partial charge in [-0.2, -0.15) is 11.3 Å². The molecular weight excluding hydrogens is 332 g/mol. The number of benzene rings is 1. The van der Waals surface area contributed by atoms with E-state index in [4.69, 9.17) is 4.74 Å². The molecule has 1 unspecified atom stereocenters. The van der Waals surface area contributed by atoms with E-state index in [1.165, 1.54) is 11.1 Å². The molecule has 2 aromatic rings. The highest BCUT2D eigenvalue weighted by molar-refractivity contribution is 7.07. The lowest BCUT2D eigenvalue weighted by atomic mass is 10.1. The summed E-state index contributed by atoms with van der Waals surface area (Å²) in [6, 6.07) is 10.6. The Morgan fingerprint density at radius 1 is 1.20 bits per heavy atom. The second kappa shape index (κ2) is 10.1. The zero-order valence-corrected chi connectivity index (χ0v) is 16.3. The Labute approximate surface area is 154 Å². The third kappa shape index (κ3) is 6.07. The fraction of sp³-hybridized carbons (Fsp3) is 0.421. The monoisotopic (exact) mass is 360 g/mol. The van der Waals surface area contributed by atoms with Gasteiger partial charge in [-0.15, -0.1) is 0 Å². The van der Waals surface area contributed by atoms with Gasteiger partial charge in [0, 0.05) is 13.1 Å². The van der Waals surface area contributed by atoms with Gasteiger partial charge < -0.3 is 20.3 Å². The highest BCUT2D eigenvalue weighted by atomic mass is 32.1. The van der Waals surface area contributed by atoms with Crippen LogP contribution in [0.5, 0.6) is 5.75 Å². The Morgan fingerprint density at radius 2 is 1.96 bits per heavy atom. The summed E-state index contributed by atoms with van der Waals surface area (Å²) in [5, 5.41) is 11.0. The molecule has 0 radical (unpaired) electrons. The minimum Gasteiger partial charge on any atom is -0.497 e. The molecule has 0 saturated carbocycles. The van der Waals surface area contributed by atoms with Crippen molar-refractivity contribution in [3.8, 4) is 5.75 Å². The maximum atomic E-state index is 5.25. The number of methoxy groups -OCH3 is 1. The SMILES string of the molecule is CCNC(=NCc1ccsc1)NCC(c1ccc(OC)cc1)N(C)C. The average molecular weight is 361 g/mol. The fourth-order valence-electron chi connectivity index (χ4n) is 2.51. The standard InChI is InChI=1S/C19H28N4OS/c1-5-20-19(21-12-15-10-11-25-14-15)22-13-18(23(2)3)16-6-8-17(24-4)9-7-16/h6-11,14,18H,5,12-13H2,1-4H3,(H2,20,21,22). The summed E-state index contributed by atoms with van der Waals surface area (Å²) in [5.74, 6) is 1.72. The molecule has 0 aliphatic rings. The molecule has 6 heteroatoms. The van der Waals surface area contributed by atoms with Crippen molar-refractivity contribution in [3.05, 3.63) is 52.2 Å². The smallest absolute Gasteiger partial charge is 0.191 e. The summed E-state index contributed by atoms with van der Waals surface area (Å²) in [6.45, 7) is 4.38. The second-order valence-electron chi connectivity index (χ2n) is 5.96. The molecule has 0 aliphatic heterocycles. The van der Waals surface area contributed by atoms with Crippen LogP contribution >= 0.6 is 11.3 Å². The number of likely N-dealkylation sites (N-methyl/N-ethyl adjacent to an activating group) is 1. The number of hydrogen-bond acceptors (Lipinski definition) is 4. The van der Waals surface area contributed by atoms with Crippen molar-refractivity contribution in [2.24, 2.45) is 4.99 Å². The Kier molecular flexibility index (Phi) is 7.76. The summed E-state index contributed by atoms with van der Waals surface area (Å²) in [7, 11) is 5.87. The van der Waals surface area contributed by atoms with Crippen LogP contribution < -0.4 is 15.4 Å². The highest BCUT2D eigenvalue weighted by Gasteiger charge is 2.14. The molecule has 25 heavy (non-hydrogen) atoms. The van der Waals surface area contributed by atoms with Gasteiger partial charge in [0.25, 0.3) is 0 Å². The Morgan fingerprint density at radius 3 is 2.52 bits per heavy atom. The van der Waals surface area contributed by atoms with Gasteiger partial charge in [-0.1, -0.05) is 12.1 Å². The average Bonchev–Trinajstić information content (AvgIpc) is 3.13. The number of ether oxygens (including phenoxy) is 1. The summed E-state index contributed by atoms with van der Waals surface area (Å²) < 4.78 is 5.25. The van der Waals surface area contributed by atoms with Crippen LogP contribution in [0.15, 0.2) is 46.1 Å². The molecule has 0 spiro atoms. The molecule has 2 N–H and O–H groups in total. The van der Waals surface area contributed by atoms with Crippen molar-refractivity contribution in [2.75, 3.05) is 34.3 Å². The summed E-state index contributed by atoms with van der Waals surface area (Å²) in [4.78, 5) is 6.88. The van der Waals surface area contributed by atoms with Crippen LogP contribution in [-0.2, 0) is 6.54 Å². The normalized spacial score (nSPS) is 12.9. The minimum absolute atomic E-state index is 0.246. The molecule has 0 saturated heterocycles. The van der Waals surface area contributed by atoms with Gasteiger partial charge in [-0.25, -0.2) is 4.99 Å². The third-order valence-corrected chi connectivity index (χ3v) is 4.66. The first-order chi connectivity index (χ1) is 12.1. The van der Waals surface area contributed by atoms with Crippen molar-refractivity contribution >= 4 is 17.3 Å². The number of nitrogens with zero attached hydrogens (tertiary/aromatic N) is 2. The predicted molar refractivity (Wildman–Crippen MR) is 107 cm³/mol. The van der Waals surface area contributed by atoms with Crippen molar-refractivity contribution in [3.63, 3.8) is 0 Å². The highest BCUT2D eigenvalue weighted by Crippen LogP contribution is 2.20. The van der Waals surface area contributed by atoms with E-state index in [2.05, 4.69) is 70.5 Å². The molecule has 5 nitrogen and oxygen atoms in total. The van der Waals surface area contributed by atoms with E-state index in [0.29, 0.717) is 6.54 Å². The lowest BCUT2D eigenvalue weighted by Gasteiger charge is -2.26. The number of guanidine groups is 1. The molecule has 2 rings (SSSR count). The second-order valence-corrected chi connectivity index (χ2v) is 6.74. The molecule has 0 fully saturated rings. The molecular formula is C19H28N4OS. The lowest BCUT2D eigenvalue weighted by Crippen LogP contribution is -2.41. The van der Waals surface area contributed by atoms with Gasteiger partial charge in [-0.05, 0) is 61.1 Å². The van der Waals surface area contributed by atoms with Gasteiger partial charge in [-0.3, -0.25) is 0 Å². The number of nitrogens with one attached hydrogen (secondary N) is 2. The van der Waals surface area contributed by atoms with Crippen LogP contribution in [0.2, 0.25) is 0 Å². The first-order valence-corrected chi connectivity index (χ1v) is 9.42. The van der Waals surface area contributed by atoms with E-state index in [1.807, 2.05) is 12.1 Å². The molecule has 1 aromatic carbocycles. The Balaban J connectivity index is 2.02. The lowest BCUT2D eigenvalue weighted by molar-refractivity contribution is 0.298. The quantitative estimate of drug-likeness (QED) is 0.561. The number of rotatable bonds is 8. The number of thiophene rings is 1.